The van der Waals surface area contributed by atoms with E-state index in [0.29, 0.717) is 6.04 Å². The van der Waals surface area contributed by atoms with E-state index in [1.165, 1.54) is 11.3 Å². The molecule has 0 unspecified atom stereocenters. The Kier molecular flexibility index (Phi) is 4.15. The Hall–Kier alpha value is -1.62. The Morgan fingerprint density at radius 1 is 1.33 bits per heavy atom. The van der Waals surface area contributed by atoms with Crippen LogP contribution in [-0.4, -0.2) is 25.6 Å². The van der Waals surface area contributed by atoms with E-state index < -0.39 is 0 Å². The average molecular weight is 247 g/mol. The van der Waals surface area contributed by atoms with Crippen LogP contribution in [0.15, 0.2) is 24.7 Å². The molecule has 0 spiro atoms. The summed E-state index contributed by atoms with van der Waals surface area (Å²) >= 11 is 0. The Balaban J connectivity index is 2.02. The van der Waals surface area contributed by atoms with Crippen LogP contribution in [0.25, 0.3) is 0 Å². The van der Waals surface area contributed by atoms with Crippen molar-refractivity contribution < 1.29 is 0 Å². The lowest BCUT2D eigenvalue weighted by Gasteiger charge is -2.10. The molecule has 18 heavy (non-hydrogen) atoms. The monoisotopic (exact) mass is 247 g/mol. The molecule has 2 rings (SSSR count). The highest BCUT2D eigenvalue weighted by molar-refractivity contribution is 5.08. The highest BCUT2D eigenvalue weighted by atomic mass is 15.3. The summed E-state index contributed by atoms with van der Waals surface area (Å²) in [6, 6.07) is 2.54. The van der Waals surface area contributed by atoms with Gasteiger partial charge in [-0.2, -0.15) is 10.2 Å². The maximum Gasteiger partial charge on any atom is 0.0693 e. The van der Waals surface area contributed by atoms with E-state index in [1.54, 1.807) is 0 Å². The van der Waals surface area contributed by atoms with E-state index in [1.807, 2.05) is 21.8 Å². The lowest BCUT2D eigenvalue weighted by Crippen LogP contribution is -2.23. The molecule has 0 atom stereocenters. The maximum atomic E-state index is 4.36. The van der Waals surface area contributed by atoms with Crippen molar-refractivity contribution in [2.75, 3.05) is 0 Å². The van der Waals surface area contributed by atoms with Crippen LogP contribution >= 0.6 is 0 Å². The fraction of sp³-hybridized carbons (Fsp3) is 0.538. The van der Waals surface area contributed by atoms with Crippen LogP contribution in [0.5, 0.6) is 0 Å². The van der Waals surface area contributed by atoms with Gasteiger partial charge in [-0.3, -0.25) is 9.36 Å². The fourth-order valence-electron chi connectivity index (χ4n) is 1.80. The molecule has 1 N–H and O–H groups in total. The number of hydrogen-bond acceptors (Lipinski definition) is 3. The zero-order valence-corrected chi connectivity index (χ0v) is 11.3. The number of nitrogens with one attached hydrogen (secondary N) is 1. The second-order valence-electron chi connectivity index (χ2n) is 4.72. The van der Waals surface area contributed by atoms with Crippen LogP contribution in [0.2, 0.25) is 0 Å². The van der Waals surface area contributed by atoms with Gasteiger partial charge < -0.3 is 5.32 Å². The SMILES string of the molecule is CCn1cc(Cn2nccc2CNC(C)C)cn1. The third kappa shape index (κ3) is 3.20. The first-order valence-corrected chi connectivity index (χ1v) is 6.44. The summed E-state index contributed by atoms with van der Waals surface area (Å²) in [5, 5.41) is 12.1. The van der Waals surface area contributed by atoms with Crippen LogP contribution in [-0.2, 0) is 19.6 Å². The Morgan fingerprint density at radius 3 is 2.83 bits per heavy atom. The summed E-state index contributed by atoms with van der Waals surface area (Å²) < 4.78 is 3.96. The van der Waals surface area contributed by atoms with Crippen molar-refractivity contribution in [3.63, 3.8) is 0 Å². The summed E-state index contributed by atoms with van der Waals surface area (Å²) in [5.41, 5.74) is 2.39. The Labute approximate surface area is 108 Å². The van der Waals surface area contributed by atoms with E-state index >= 15 is 0 Å². The van der Waals surface area contributed by atoms with Crippen molar-refractivity contribution in [3.8, 4) is 0 Å². The zero-order valence-electron chi connectivity index (χ0n) is 11.3. The van der Waals surface area contributed by atoms with Crippen molar-refractivity contribution in [2.45, 2.75) is 46.4 Å². The molecule has 0 bridgehead atoms. The van der Waals surface area contributed by atoms with Gasteiger partial charge in [-0.25, -0.2) is 0 Å². The summed E-state index contributed by atoms with van der Waals surface area (Å²) in [4.78, 5) is 0. The van der Waals surface area contributed by atoms with Gasteiger partial charge >= 0.3 is 0 Å². The van der Waals surface area contributed by atoms with E-state index in [-0.39, 0.29) is 0 Å². The number of aryl methyl sites for hydroxylation is 1. The number of nitrogens with zero attached hydrogens (tertiary/aromatic N) is 4. The molecule has 2 aromatic heterocycles. The van der Waals surface area contributed by atoms with Crippen LogP contribution in [0.1, 0.15) is 32.0 Å². The van der Waals surface area contributed by atoms with E-state index in [2.05, 4.69) is 48.5 Å². The van der Waals surface area contributed by atoms with Gasteiger partial charge in [0.1, 0.15) is 0 Å². The van der Waals surface area contributed by atoms with Crippen molar-refractivity contribution >= 4 is 0 Å². The average Bonchev–Trinajstić information content (AvgIpc) is 2.96. The van der Waals surface area contributed by atoms with E-state index in [4.69, 9.17) is 0 Å². The van der Waals surface area contributed by atoms with Gasteiger partial charge in [-0.15, -0.1) is 0 Å². The molecule has 0 saturated heterocycles. The summed E-state index contributed by atoms with van der Waals surface area (Å²) in [7, 11) is 0. The molecule has 98 valence electrons. The summed E-state index contributed by atoms with van der Waals surface area (Å²) in [6.07, 6.45) is 5.83. The molecule has 0 fully saturated rings. The zero-order chi connectivity index (χ0) is 13.0. The molecule has 2 aromatic rings. The van der Waals surface area contributed by atoms with E-state index in [9.17, 15) is 0 Å². The minimum Gasteiger partial charge on any atom is -0.309 e. The van der Waals surface area contributed by atoms with Gasteiger partial charge in [0.2, 0.25) is 0 Å². The van der Waals surface area contributed by atoms with Gasteiger partial charge in [0.15, 0.2) is 0 Å². The highest BCUT2D eigenvalue weighted by Crippen LogP contribution is 2.05. The first-order valence-electron chi connectivity index (χ1n) is 6.44. The van der Waals surface area contributed by atoms with Gasteiger partial charge in [0.05, 0.1) is 18.4 Å². The van der Waals surface area contributed by atoms with Gasteiger partial charge in [-0.05, 0) is 13.0 Å². The fourth-order valence-corrected chi connectivity index (χ4v) is 1.80. The highest BCUT2D eigenvalue weighted by Gasteiger charge is 2.05. The second kappa shape index (κ2) is 5.82. The topological polar surface area (TPSA) is 47.7 Å². The quantitative estimate of drug-likeness (QED) is 0.844. The molecule has 5 nitrogen and oxygen atoms in total. The number of rotatable bonds is 6. The summed E-state index contributed by atoms with van der Waals surface area (Å²) in [6.45, 7) is 8.91. The minimum atomic E-state index is 0.483. The molecule has 5 heteroatoms. The van der Waals surface area contributed by atoms with Gasteiger partial charge in [-0.1, -0.05) is 13.8 Å². The van der Waals surface area contributed by atoms with Crippen LogP contribution in [0, 0.1) is 0 Å². The van der Waals surface area contributed by atoms with Crippen molar-refractivity contribution in [3.05, 3.63) is 35.9 Å². The molecule has 0 aliphatic rings. The molecule has 0 aromatic carbocycles. The lowest BCUT2D eigenvalue weighted by molar-refractivity contribution is 0.547. The van der Waals surface area contributed by atoms with Gasteiger partial charge in [0, 0.05) is 37.1 Å². The lowest BCUT2D eigenvalue weighted by atomic mass is 10.3. The van der Waals surface area contributed by atoms with Gasteiger partial charge in [0.25, 0.3) is 0 Å². The second-order valence-corrected chi connectivity index (χ2v) is 4.72. The maximum absolute atomic E-state index is 4.36. The predicted molar refractivity (Wildman–Crippen MR) is 71.2 cm³/mol. The van der Waals surface area contributed by atoms with Crippen LogP contribution < -0.4 is 5.32 Å². The normalized spacial score (nSPS) is 11.3. The van der Waals surface area contributed by atoms with Crippen LogP contribution in [0.4, 0.5) is 0 Å². The minimum absolute atomic E-state index is 0.483. The first kappa shape index (κ1) is 12.8. The molecule has 0 saturated carbocycles. The Bertz CT molecular complexity index is 483. The Morgan fingerprint density at radius 2 is 2.17 bits per heavy atom. The molecular formula is C13H21N5. The predicted octanol–water partition coefficient (Wildman–Crippen LogP) is 1.65. The van der Waals surface area contributed by atoms with E-state index in [0.717, 1.165) is 19.6 Å². The molecular weight excluding hydrogens is 226 g/mol. The number of aromatic nitrogens is 4. The molecule has 0 aliphatic heterocycles. The first-order chi connectivity index (χ1) is 8.69. The standard InChI is InChI=1S/C13H21N5/c1-4-17-9-12(7-16-17)10-18-13(5-6-15-18)8-14-11(2)3/h5-7,9,11,14H,4,8,10H2,1-3H3. The van der Waals surface area contributed by atoms with Crippen LogP contribution in [0.3, 0.4) is 0 Å². The van der Waals surface area contributed by atoms with Crippen molar-refractivity contribution in [1.29, 1.82) is 0 Å². The van der Waals surface area contributed by atoms with Crippen molar-refractivity contribution in [2.24, 2.45) is 0 Å². The third-order valence-corrected chi connectivity index (χ3v) is 2.84. The third-order valence-electron chi connectivity index (χ3n) is 2.84. The molecule has 0 aliphatic carbocycles. The molecule has 0 radical (unpaired) electrons. The van der Waals surface area contributed by atoms with Crippen molar-refractivity contribution in [1.82, 2.24) is 24.9 Å². The largest absolute Gasteiger partial charge is 0.309 e. The molecule has 2 heterocycles. The smallest absolute Gasteiger partial charge is 0.0693 e. The summed E-state index contributed by atoms with van der Waals surface area (Å²) in [5.74, 6) is 0. The number of hydrogen-bond donors (Lipinski definition) is 1. The molecule has 0 amide bonds.